The van der Waals surface area contributed by atoms with E-state index in [-0.39, 0.29) is 10.5 Å². The van der Waals surface area contributed by atoms with Crippen molar-refractivity contribution in [2.45, 2.75) is 23.8 Å². The monoisotopic (exact) mass is 492 g/mol. The number of hydrogen-bond acceptors (Lipinski definition) is 6. The van der Waals surface area contributed by atoms with Crippen LogP contribution in [0.15, 0.2) is 64.7 Å². The van der Waals surface area contributed by atoms with E-state index in [1.807, 2.05) is 29.1 Å². The number of rotatable bonds is 5. The number of fused-ring (bicyclic) bond motifs is 1. The molecule has 8 nitrogen and oxygen atoms in total. The SMILES string of the molecule is COc1ccc(S(C)(=O)=O)cc1-c1cn(C)c(=O)c2ccc(-c3cnn(C4CCNCC4)c3)cc12. The molecule has 5 rings (SSSR count). The summed E-state index contributed by atoms with van der Waals surface area (Å²) in [5.74, 6) is 0.529. The third kappa shape index (κ3) is 4.37. The van der Waals surface area contributed by atoms with E-state index in [0.717, 1.165) is 48.0 Å². The molecule has 1 fully saturated rings. The van der Waals surface area contributed by atoms with Crippen molar-refractivity contribution >= 4 is 20.6 Å². The van der Waals surface area contributed by atoms with Crippen molar-refractivity contribution < 1.29 is 13.2 Å². The van der Waals surface area contributed by atoms with Gasteiger partial charge in [0, 0.05) is 47.8 Å². The fourth-order valence-corrected chi connectivity index (χ4v) is 5.39. The molecule has 0 aliphatic carbocycles. The second-order valence-corrected chi connectivity index (χ2v) is 11.1. The first kappa shape index (κ1) is 23.3. The van der Waals surface area contributed by atoms with Crippen LogP contribution in [0.3, 0.4) is 0 Å². The molecular formula is C26H28N4O4S. The lowest BCUT2D eigenvalue weighted by molar-refractivity contribution is 0.343. The van der Waals surface area contributed by atoms with E-state index in [0.29, 0.717) is 22.7 Å². The van der Waals surface area contributed by atoms with Gasteiger partial charge in [0.05, 0.1) is 24.2 Å². The standard InChI is InChI=1S/C26H28N4O4S/c1-29-16-24(23-13-20(35(3,32)33)5-7-25(23)34-2)22-12-17(4-6-21(22)26(29)31)18-14-28-30(15-18)19-8-10-27-11-9-19/h4-7,12-16,19,27H,8-11H2,1-3H3. The smallest absolute Gasteiger partial charge is 0.258 e. The fourth-order valence-electron chi connectivity index (χ4n) is 4.75. The Labute approximate surface area is 204 Å². The van der Waals surface area contributed by atoms with Gasteiger partial charge in [-0.1, -0.05) is 6.07 Å². The second kappa shape index (κ2) is 8.98. The summed E-state index contributed by atoms with van der Waals surface area (Å²) in [6, 6.07) is 10.9. The minimum atomic E-state index is -3.43. The Bertz CT molecular complexity index is 1580. The third-order valence-electron chi connectivity index (χ3n) is 6.69. The summed E-state index contributed by atoms with van der Waals surface area (Å²) in [5.41, 5.74) is 3.11. The van der Waals surface area contributed by atoms with Crippen LogP contribution in [0.5, 0.6) is 5.75 Å². The first-order chi connectivity index (χ1) is 16.8. The highest BCUT2D eigenvalue weighted by Crippen LogP contribution is 2.37. The Hall–Kier alpha value is -3.43. The number of sulfone groups is 1. The minimum absolute atomic E-state index is 0.126. The zero-order chi connectivity index (χ0) is 24.7. The average Bonchev–Trinajstić information content (AvgIpc) is 3.36. The molecule has 1 aliphatic rings. The van der Waals surface area contributed by atoms with Gasteiger partial charge in [-0.3, -0.25) is 9.48 Å². The Morgan fingerprint density at radius 1 is 1.00 bits per heavy atom. The number of methoxy groups -OCH3 is 1. The Morgan fingerprint density at radius 2 is 1.77 bits per heavy atom. The zero-order valence-electron chi connectivity index (χ0n) is 20.0. The van der Waals surface area contributed by atoms with Gasteiger partial charge < -0.3 is 14.6 Å². The molecule has 2 aromatic carbocycles. The van der Waals surface area contributed by atoms with Gasteiger partial charge in [-0.2, -0.15) is 5.10 Å². The molecule has 35 heavy (non-hydrogen) atoms. The van der Waals surface area contributed by atoms with E-state index in [9.17, 15) is 13.2 Å². The maximum Gasteiger partial charge on any atom is 0.258 e. The summed E-state index contributed by atoms with van der Waals surface area (Å²) >= 11 is 0. The number of nitrogens with zero attached hydrogens (tertiary/aromatic N) is 3. The summed E-state index contributed by atoms with van der Waals surface area (Å²) in [6.07, 6.45) is 8.90. The molecule has 2 aromatic heterocycles. The maximum atomic E-state index is 13.0. The first-order valence-corrected chi connectivity index (χ1v) is 13.4. The van der Waals surface area contributed by atoms with Crippen LogP contribution in [0.4, 0.5) is 0 Å². The van der Waals surface area contributed by atoms with Crippen molar-refractivity contribution in [2.24, 2.45) is 7.05 Å². The van der Waals surface area contributed by atoms with Crippen LogP contribution >= 0.6 is 0 Å². The van der Waals surface area contributed by atoms with Crippen molar-refractivity contribution in [3.05, 3.63) is 65.3 Å². The van der Waals surface area contributed by atoms with E-state index in [2.05, 4.69) is 16.6 Å². The van der Waals surface area contributed by atoms with Crippen molar-refractivity contribution in [2.75, 3.05) is 26.5 Å². The highest BCUT2D eigenvalue weighted by molar-refractivity contribution is 7.90. The van der Waals surface area contributed by atoms with Gasteiger partial charge in [0.2, 0.25) is 0 Å². The largest absolute Gasteiger partial charge is 0.496 e. The van der Waals surface area contributed by atoms with Crippen LogP contribution in [-0.2, 0) is 16.9 Å². The van der Waals surface area contributed by atoms with E-state index in [1.54, 1.807) is 32.5 Å². The predicted molar refractivity (Wildman–Crippen MR) is 137 cm³/mol. The molecule has 0 bridgehead atoms. The van der Waals surface area contributed by atoms with E-state index in [4.69, 9.17) is 4.74 Å². The second-order valence-electron chi connectivity index (χ2n) is 9.04. The van der Waals surface area contributed by atoms with Crippen LogP contribution in [0, 0.1) is 0 Å². The van der Waals surface area contributed by atoms with E-state index < -0.39 is 9.84 Å². The van der Waals surface area contributed by atoms with Crippen molar-refractivity contribution in [3.63, 3.8) is 0 Å². The van der Waals surface area contributed by atoms with E-state index >= 15 is 0 Å². The molecule has 0 radical (unpaired) electrons. The highest BCUT2D eigenvalue weighted by Gasteiger charge is 2.19. The number of ether oxygens (including phenoxy) is 1. The first-order valence-electron chi connectivity index (χ1n) is 11.5. The third-order valence-corrected chi connectivity index (χ3v) is 7.80. The molecule has 1 aliphatic heterocycles. The number of benzene rings is 2. The Morgan fingerprint density at radius 3 is 2.49 bits per heavy atom. The van der Waals surface area contributed by atoms with Gasteiger partial charge in [0.15, 0.2) is 9.84 Å². The topological polar surface area (TPSA) is 95.2 Å². The molecule has 4 aromatic rings. The van der Waals surface area contributed by atoms with Gasteiger partial charge >= 0.3 is 0 Å². The minimum Gasteiger partial charge on any atom is -0.496 e. The maximum absolute atomic E-state index is 13.0. The summed E-state index contributed by atoms with van der Waals surface area (Å²) < 4.78 is 33.6. The van der Waals surface area contributed by atoms with Crippen molar-refractivity contribution in [1.82, 2.24) is 19.7 Å². The molecule has 9 heteroatoms. The summed E-state index contributed by atoms with van der Waals surface area (Å²) in [7, 11) is -0.194. The molecular weight excluding hydrogens is 464 g/mol. The Balaban J connectivity index is 1.69. The number of pyridine rings is 1. The lowest BCUT2D eigenvalue weighted by Crippen LogP contribution is -2.29. The molecule has 0 unspecified atom stereocenters. The quantitative estimate of drug-likeness (QED) is 0.459. The van der Waals surface area contributed by atoms with Crippen LogP contribution in [0.2, 0.25) is 0 Å². The van der Waals surface area contributed by atoms with Gasteiger partial charge in [0.1, 0.15) is 5.75 Å². The number of hydrogen-bond donors (Lipinski definition) is 1. The normalized spacial score (nSPS) is 14.9. The molecule has 0 amide bonds. The summed E-state index contributed by atoms with van der Waals surface area (Å²) in [4.78, 5) is 13.2. The number of nitrogens with one attached hydrogen (secondary N) is 1. The van der Waals surface area contributed by atoms with Crippen molar-refractivity contribution in [3.8, 4) is 28.0 Å². The van der Waals surface area contributed by atoms with E-state index in [1.165, 1.54) is 16.9 Å². The molecule has 1 N–H and O–H groups in total. The van der Waals surface area contributed by atoms with Gasteiger partial charge in [-0.25, -0.2) is 8.42 Å². The fraction of sp³-hybridized carbons (Fsp3) is 0.308. The van der Waals surface area contributed by atoms with Crippen molar-refractivity contribution in [1.29, 1.82) is 0 Å². The number of aryl methyl sites for hydroxylation is 1. The number of piperidine rings is 1. The van der Waals surface area contributed by atoms with Crippen LogP contribution in [-0.4, -0.2) is 49.2 Å². The lowest BCUT2D eigenvalue weighted by Gasteiger charge is -2.22. The van der Waals surface area contributed by atoms with Crippen LogP contribution in [0.25, 0.3) is 33.0 Å². The zero-order valence-corrected chi connectivity index (χ0v) is 20.8. The molecule has 182 valence electrons. The molecule has 0 spiro atoms. The van der Waals surface area contributed by atoms with Gasteiger partial charge in [0.25, 0.3) is 5.56 Å². The lowest BCUT2D eigenvalue weighted by atomic mass is 9.96. The molecule has 1 saturated heterocycles. The van der Waals surface area contributed by atoms with Gasteiger partial charge in [-0.05, 0) is 67.2 Å². The van der Waals surface area contributed by atoms with Crippen LogP contribution in [0.1, 0.15) is 18.9 Å². The molecule has 0 atom stereocenters. The Kier molecular flexibility index (Phi) is 5.98. The average molecular weight is 493 g/mol. The predicted octanol–water partition coefficient (Wildman–Crippen LogP) is 3.41. The summed E-state index contributed by atoms with van der Waals surface area (Å²) in [6.45, 7) is 1.97. The summed E-state index contributed by atoms with van der Waals surface area (Å²) in [5, 5.41) is 9.26. The van der Waals surface area contributed by atoms with Crippen LogP contribution < -0.4 is 15.6 Å². The number of aromatic nitrogens is 3. The molecule has 0 saturated carbocycles. The molecule has 3 heterocycles. The van der Waals surface area contributed by atoms with Gasteiger partial charge in [-0.15, -0.1) is 0 Å². The highest BCUT2D eigenvalue weighted by atomic mass is 32.2.